The summed E-state index contributed by atoms with van der Waals surface area (Å²) < 4.78 is 0. The van der Waals surface area contributed by atoms with Crippen molar-refractivity contribution >= 4 is 23.2 Å². The van der Waals surface area contributed by atoms with E-state index < -0.39 is 10.8 Å². The number of hydrogen-bond donors (Lipinski definition) is 3. The van der Waals surface area contributed by atoms with Crippen LogP contribution in [0, 0.1) is 10.1 Å². The van der Waals surface area contributed by atoms with E-state index in [2.05, 4.69) is 10.6 Å². The predicted octanol–water partition coefficient (Wildman–Crippen LogP) is 1.47. The largest absolute Gasteiger partial charge is 0.393 e. The fourth-order valence-electron chi connectivity index (χ4n) is 2.05. The lowest BCUT2D eigenvalue weighted by Crippen LogP contribution is -2.23. The highest BCUT2D eigenvalue weighted by Gasteiger charge is 2.15. The fraction of sp³-hybridized carbons (Fsp3) is 0.125. The Labute approximate surface area is 137 Å². The molecule has 2 aromatic rings. The van der Waals surface area contributed by atoms with Gasteiger partial charge in [-0.25, -0.2) is 0 Å². The average Bonchev–Trinajstić information content (AvgIpc) is 2.59. The minimum absolute atomic E-state index is 0.00124. The van der Waals surface area contributed by atoms with Gasteiger partial charge in [-0.05, 0) is 29.8 Å². The van der Waals surface area contributed by atoms with Gasteiger partial charge in [0.25, 0.3) is 17.5 Å². The van der Waals surface area contributed by atoms with Crippen molar-refractivity contribution in [2.45, 2.75) is 6.54 Å². The number of nitrogens with zero attached hydrogens (tertiary/aromatic N) is 1. The Kier molecular flexibility index (Phi) is 5.10. The molecule has 2 aromatic carbocycles. The Balaban J connectivity index is 2.04. The second kappa shape index (κ2) is 7.23. The molecule has 0 fully saturated rings. The molecule has 8 heteroatoms. The third-order valence-corrected chi connectivity index (χ3v) is 3.39. The lowest BCUT2D eigenvalue weighted by Gasteiger charge is -2.07. The van der Waals surface area contributed by atoms with E-state index >= 15 is 0 Å². The van der Waals surface area contributed by atoms with E-state index in [1.54, 1.807) is 31.3 Å². The molecule has 8 nitrogen and oxygen atoms in total. The molecule has 24 heavy (non-hydrogen) atoms. The SMILES string of the molecule is CNC(=O)c1ccc(CNC(=O)c2ccc(N)c([N+](=O)[O-])c2)cc1. The van der Waals surface area contributed by atoms with Crippen LogP contribution in [0.25, 0.3) is 0 Å². The molecule has 0 bridgehead atoms. The van der Waals surface area contributed by atoms with Gasteiger partial charge in [-0.15, -0.1) is 0 Å². The van der Waals surface area contributed by atoms with E-state index in [0.717, 1.165) is 11.6 Å². The molecule has 0 aliphatic carbocycles. The third kappa shape index (κ3) is 3.86. The van der Waals surface area contributed by atoms with Gasteiger partial charge in [-0.1, -0.05) is 12.1 Å². The molecule has 0 saturated heterocycles. The van der Waals surface area contributed by atoms with Crippen molar-refractivity contribution in [2.24, 2.45) is 0 Å². The molecule has 0 radical (unpaired) electrons. The zero-order valence-electron chi connectivity index (χ0n) is 12.9. The molecule has 0 unspecified atom stereocenters. The van der Waals surface area contributed by atoms with Crippen molar-refractivity contribution < 1.29 is 14.5 Å². The van der Waals surface area contributed by atoms with Crippen LogP contribution >= 0.6 is 0 Å². The van der Waals surface area contributed by atoms with Gasteiger partial charge >= 0.3 is 0 Å². The molecule has 0 heterocycles. The zero-order valence-corrected chi connectivity index (χ0v) is 12.9. The summed E-state index contributed by atoms with van der Waals surface area (Å²) in [4.78, 5) is 33.7. The van der Waals surface area contributed by atoms with Gasteiger partial charge in [0.05, 0.1) is 4.92 Å². The highest BCUT2D eigenvalue weighted by Crippen LogP contribution is 2.22. The van der Waals surface area contributed by atoms with Gasteiger partial charge in [0.15, 0.2) is 0 Å². The Morgan fingerprint density at radius 2 is 1.71 bits per heavy atom. The van der Waals surface area contributed by atoms with Crippen molar-refractivity contribution in [3.05, 3.63) is 69.3 Å². The summed E-state index contributed by atoms with van der Waals surface area (Å²) in [7, 11) is 1.54. The highest BCUT2D eigenvalue weighted by molar-refractivity contribution is 5.95. The van der Waals surface area contributed by atoms with E-state index in [4.69, 9.17) is 5.73 Å². The quantitative estimate of drug-likeness (QED) is 0.435. The number of benzene rings is 2. The van der Waals surface area contributed by atoms with Crippen LogP contribution in [0.3, 0.4) is 0 Å². The summed E-state index contributed by atoms with van der Waals surface area (Å²) in [5.74, 6) is -0.645. The predicted molar refractivity (Wildman–Crippen MR) is 88.5 cm³/mol. The van der Waals surface area contributed by atoms with Crippen LogP contribution in [-0.2, 0) is 6.54 Å². The van der Waals surface area contributed by atoms with Crippen molar-refractivity contribution in [3.63, 3.8) is 0 Å². The molecule has 4 N–H and O–H groups in total. The van der Waals surface area contributed by atoms with Crippen LogP contribution < -0.4 is 16.4 Å². The number of nitro groups is 1. The second-order valence-corrected chi connectivity index (χ2v) is 4.99. The number of carbonyl (C=O) groups excluding carboxylic acids is 2. The van der Waals surface area contributed by atoms with Crippen LogP contribution in [0.1, 0.15) is 26.3 Å². The lowest BCUT2D eigenvalue weighted by atomic mass is 10.1. The smallest absolute Gasteiger partial charge is 0.292 e. The summed E-state index contributed by atoms with van der Waals surface area (Å²) in [6.45, 7) is 0.227. The molecule has 0 atom stereocenters. The van der Waals surface area contributed by atoms with Crippen molar-refractivity contribution in [1.82, 2.24) is 10.6 Å². The normalized spacial score (nSPS) is 10.0. The Morgan fingerprint density at radius 3 is 2.29 bits per heavy atom. The molecule has 0 aliphatic heterocycles. The summed E-state index contributed by atoms with van der Waals surface area (Å²) in [6, 6.07) is 10.6. The maximum Gasteiger partial charge on any atom is 0.292 e. The molecule has 0 saturated carbocycles. The molecular weight excluding hydrogens is 312 g/mol. The molecule has 0 aliphatic rings. The number of nitrogen functional groups attached to an aromatic ring is 1. The van der Waals surface area contributed by atoms with Gasteiger partial charge in [0.2, 0.25) is 0 Å². The lowest BCUT2D eigenvalue weighted by molar-refractivity contribution is -0.383. The minimum Gasteiger partial charge on any atom is -0.393 e. The summed E-state index contributed by atoms with van der Waals surface area (Å²) >= 11 is 0. The van der Waals surface area contributed by atoms with Crippen LogP contribution in [0.5, 0.6) is 0 Å². The van der Waals surface area contributed by atoms with Crippen LogP contribution in [-0.4, -0.2) is 23.8 Å². The fourth-order valence-corrected chi connectivity index (χ4v) is 2.05. The molecule has 124 valence electrons. The van der Waals surface area contributed by atoms with Gasteiger partial charge in [-0.3, -0.25) is 19.7 Å². The number of anilines is 1. The number of carbonyl (C=O) groups is 2. The first-order valence-electron chi connectivity index (χ1n) is 7.05. The zero-order chi connectivity index (χ0) is 17.7. The standard InChI is InChI=1S/C16H16N4O4/c1-18-15(21)11-4-2-10(3-5-11)9-19-16(22)12-6-7-13(17)14(8-12)20(23)24/h2-8H,9,17H2,1H3,(H,18,21)(H,19,22). The maximum absolute atomic E-state index is 12.1. The summed E-state index contributed by atoms with van der Waals surface area (Å²) in [5.41, 5.74) is 6.65. The van der Waals surface area contributed by atoms with Crippen molar-refractivity contribution in [1.29, 1.82) is 0 Å². The molecule has 2 amide bonds. The number of hydrogen-bond acceptors (Lipinski definition) is 5. The Bertz CT molecular complexity index is 787. The minimum atomic E-state index is -0.635. The first kappa shape index (κ1) is 16.9. The van der Waals surface area contributed by atoms with Gasteiger partial charge in [-0.2, -0.15) is 0 Å². The van der Waals surface area contributed by atoms with Crippen LogP contribution in [0.2, 0.25) is 0 Å². The number of nitrogens with two attached hydrogens (primary N) is 1. The second-order valence-electron chi connectivity index (χ2n) is 4.99. The van der Waals surface area contributed by atoms with E-state index in [1.807, 2.05) is 0 Å². The Hall–Kier alpha value is -3.42. The van der Waals surface area contributed by atoms with Crippen LogP contribution in [0.4, 0.5) is 11.4 Å². The molecular formula is C16H16N4O4. The Morgan fingerprint density at radius 1 is 1.08 bits per heavy atom. The highest BCUT2D eigenvalue weighted by atomic mass is 16.6. The maximum atomic E-state index is 12.1. The van der Waals surface area contributed by atoms with E-state index in [9.17, 15) is 19.7 Å². The average molecular weight is 328 g/mol. The van der Waals surface area contributed by atoms with Crippen LogP contribution in [0.15, 0.2) is 42.5 Å². The third-order valence-electron chi connectivity index (χ3n) is 3.39. The number of nitro benzene ring substituents is 1. The first-order chi connectivity index (χ1) is 11.4. The molecule has 0 aromatic heterocycles. The molecule has 2 rings (SSSR count). The van der Waals surface area contributed by atoms with Gasteiger partial charge in [0, 0.05) is 30.8 Å². The van der Waals surface area contributed by atoms with E-state index in [-0.39, 0.29) is 29.4 Å². The monoisotopic (exact) mass is 328 g/mol. The van der Waals surface area contributed by atoms with Crippen molar-refractivity contribution in [2.75, 3.05) is 12.8 Å². The van der Waals surface area contributed by atoms with Gasteiger partial charge < -0.3 is 16.4 Å². The van der Waals surface area contributed by atoms with E-state index in [0.29, 0.717) is 5.56 Å². The number of amides is 2. The molecule has 0 spiro atoms. The summed E-state index contributed by atoms with van der Waals surface area (Å²) in [5, 5.41) is 16.0. The van der Waals surface area contributed by atoms with Crippen molar-refractivity contribution in [3.8, 4) is 0 Å². The number of rotatable bonds is 5. The van der Waals surface area contributed by atoms with Gasteiger partial charge in [0.1, 0.15) is 5.69 Å². The first-order valence-corrected chi connectivity index (χ1v) is 7.05. The number of nitrogens with one attached hydrogen (secondary N) is 2. The summed E-state index contributed by atoms with van der Waals surface area (Å²) in [6.07, 6.45) is 0. The topological polar surface area (TPSA) is 127 Å². The van der Waals surface area contributed by atoms with E-state index in [1.165, 1.54) is 12.1 Å².